The average Bonchev–Trinajstić information content (AvgIpc) is 2.87. The van der Waals surface area contributed by atoms with E-state index in [0.717, 1.165) is 11.1 Å². The lowest BCUT2D eigenvalue weighted by atomic mass is 9.91. The molecule has 0 heterocycles. The summed E-state index contributed by atoms with van der Waals surface area (Å²) in [7, 11) is 0. The van der Waals surface area contributed by atoms with Crippen molar-refractivity contribution in [3.63, 3.8) is 0 Å². The quantitative estimate of drug-likeness (QED) is 0.356. The van der Waals surface area contributed by atoms with Gasteiger partial charge in [0.25, 0.3) is 0 Å². The van der Waals surface area contributed by atoms with Crippen LogP contribution in [0.4, 0.5) is 4.79 Å². The highest BCUT2D eigenvalue weighted by atomic mass is 16.6. The van der Waals surface area contributed by atoms with Gasteiger partial charge in [0.1, 0.15) is 17.7 Å². The molecule has 0 spiro atoms. The molecular formula is C31H44N4O5. The number of amides is 4. The van der Waals surface area contributed by atoms with Gasteiger partial charge in [0, 0.05) is 18.5 Å². The van der Waals surface area contributed by atoms with Crippen LogP contribution in [0.25, 0.3) is 0 Å². The normalized spacial score (nSPS) is 13.1. The monoisotopic (exact) mass is 552 g/mol. The number of carbonyl (C=O) groups is 4. The van der Waals surface area contributed by atoms with Crippen molar-refractivity contribution in [3.8, 4) is 0 Å². The van der Waals surface area contributed by atoms with Crippen molar-refractivity contribution >= 4 is 23.8 Å². The van der Waals surface area contributed by atoms with Crippen molar-refractivity contribution in [2.75, 3.05) is 0 Å². The molecule has 2 aromatic rings. The highest BCUT2D eigenvalue weighted by Gasteiger charge is 2.43. The lowest BCUT2D eigenvalue weighted by molar-refractivity contribution is -0.149. The van der Waals surface area contributed by atoms with Crippen LogP contribution < -0.4 is 16.4 Å². The maximum Gasteiger partial charge on any atom is 0.408 e. The fourth-order valence-electron chi connectivity index (χ4n) is 4.25. The Hall–Kier alpha value is -3.88. The molecule has 2 aromatic carbocycles. The van der Waals surface area contributed by atoms with Crippen molar-refractivity contribution in [2.45, 2.75) is 97.5 Å². The maximum atomic E-state index is 14.4. The van der Waals surface area contributed by atoms with Crippen LogP contribution in [0.5, 0.6) is 0 Å². The Morgan fingerprint density at radius 3 is 2.17 bits per heavy atom. The van der Waals surface area contributed by atoms with Gasteiger partial charge in [-0.05, 0) is 65.5 Å². The number of primary amides is 1. The fraction of sp³-hybridized carbons (Fsp3) is 0.484. The molecule has 0 radical (unpaired) electrons. The lowest BCUT2D eigenvalue weighted by Crippen LogP contribution is -2.59. The molecule has 4 amide bonds. The second-order valence-electron chi connectivity index (χ2n) is 11.6. The number of benzene rings is 2. The van der Waals surface area contributed by atoms with Crippen molar-refractivity contribution in [2.24, 2.45) is 5.73 Å². The van der Waals surface area contributed by atoms with Crippen LogP contribution in [0, 0.1) is 6.92 Å². The molecule has 0 saturated heterocycles. The largest absolute Gasteiger partial charge is 0.444 e. The predicted molar refractivity (Wildman–Crippen MR) is 155 cm³/mol. The molecule has 9 heteroatoms. The van der Waals surface area contributed by atoms with Crippen LogP contribution in [-0.2, 0) is 25.7 Å². The van der Waals surface area contributed by atoms with Crippen LogP contribution in [0.15, 0.2) is 54.6 Å². The fourth-order valence-corrected chi connectivity index (χ4v) is 4.25. The first-order valence-corrected chi connectivity index (χ1v) is 13.6. The number of nitrogens with two attached hydrogens (primary N) is 1. The highest BCUT2D eigenvalue weighted by molar-refractivity contribution is 5.93. The van der Waals surface area contributed by atoms with Gasteiger partial charge in [-0.3, -0.25) is 14.4 Å². The van der Waals surface area contributed by atoms with E-state index in [4.69, 9.17) is 10.5 Å². The molecule has 0 aromatic heterocycles. The van der Waals surface area contributed by atoms with Crippen LogP contribution in [-0.4, -0.2) is 45.9 Å². The van der Waals surface area contributed by atoms with Crippen molar-refractivity contribution < 1.29 is 23.9 Å². The first kappa shape index (κ1) is 32.3. The first-order valence-electron chi connectivity index (χ1n) is 13.6. The second-order valence-corrected chi connectivity index (χ2v) is 11.6. The molecule has 0 aliphatic heterocycles. The number of alkyl carbamates (subject to hydrolysis) is 1. The predicted octanol–water partition coefficient (Wildman–Crippen LogP) is 4.53. The van der Waals surface area contributed by atoms with Crippen LogP contribution in [0.1, 0.15) is 83.5 Å². The Labute approximate surface area is 237 Å². The molecule has 0 bridgehead atoms. The number of nitrogens with zero attached hydrogens (tertiary/aromatic N) is 1. The number of aryl methyl sites for hydroxylation is 1. The van der Waals surface area contributed by atoms with E-state index in [0.29, 0.717) is 12.0 Å². The Morgan fingerprint density at radius 2 is 1.62 bits per heavy atom. The van der Waals surface area contributed by atoms with Gasteiger partial charge in [0.05, 0.1) is 0 Å². The molecule has 0 aliphatic rings. The lowest BCUT2D eigenvalue weighted by Gasteiger charge is -2.44. The Kier molecular flexibility index (Phi) is 11.3. The molecule has 0 aliphatic carbocycles. The molecule has 9 nitrogen and oxygen atoms in total. The number of ether oxygens (including phenoxy) is 1. The van der Waals surface area contributed by atoms with Crippen molar-refractivity contribution in [3.05, 3.63) is 71.3 Å². The molecule has 2 unspecified atom stereocenters. The van der Waals surface area contributed by atoms with E-state index in [-0.39, 0.29) is 25.3 Å². The summed E-state index contributed by atoms with van der Waals surface area (Å²) in [6.45, 7) is 13.0. The van der Waals surface area contributed by atoms with Gasteiger partial charge in [-0.2, -0.15) is 0 Å². The highest BCUT2D eigenvalue weighted by Crippen LogP contribution is 2.33. The average molecular weight is 553 g/mol. The first-order chi connectivity index (χ1) is 18.6. The third kappa shape index (κ3) is 9.70. The third-order valence-corrected chi connectivity index (χ3v) is 6.60. The molecule has 40 heavy (non-hydrogen) atoms. The maximum absolute atomic E-state index is 14.4. The van der Waals surface area contributed by atoms with Crippen LogP contribution in [0.2, 0.25) is 0 Å². The summed E-state index contributed by atoms with van der Waals surface area (Å²) in [5, 5.41) is 5.62. The summed E-state index contributed by atoms with van der Waals surface area (Å²) in [6, 6.07) is 14.8. The smallest absolute Gasteiger partial charge is 0.408 e. The Bertz CT molecular complexity index is 1170. The van der Waals surface area contributed by atoms with Crippen molar-refractivity contribution in [1.29, 1.82) is 0 Å². The van der Waals surface area contributed by atoms with Gasteiger partial charge < -0.3 is 26.0 Å². The minimum atomic E-state index is -1.15. The molecular weight excluding hydrogens is 508 g/mol. The second kappa shape index (κ2) is 14.0. The SMILES string of the molecule is CCC(C)(C)N(C(=O)C(CCC(N)=O)NC(=O)OC(C)(C)C)C(C(=O)NCc1ccccc1)c1cccc(C)c1. The van der Waals surface area contributed by atoms with E-state index in [9.17, 15) is 19.2 Å². The van der Waals surface area contributed by atoms with E-state index in [1.807, 2.05) is 82.3 Å². The number of carbonyl (C=O) groups excluding carboxylic acids is 4. The molecule has 2 atom stereocenters. The van der Waals surface area contributed by atoms with Gasteiger partial charge in [-0.25, -0.2) is 4.79 Å². The van der Waals surface area contributed by atoms with Crippen LogP contribution in [0.3, 0.4) is 0 Å². The van der Waals surface area contributed by atoms with Gasteiger partial charge in [-0.15, -0.1) is 0 Å². The summed E-state index contributed by atoms with van der Waals surface area (Å²) >= 11 is 0. The van der Waals surface area contributed by atoms with E-state index in [2.05, 4.69) is 10.6 Å². The van der Waals surface area contributed by atoms with E-state index in [1.54, 1.807) is 20.8 Å². The zero-order valence-corrected chi connectivity index (χ0v) is 24.7. The third-order valence-electron chi connectivity index (χ3n) is 6.60. The molecule has 218 valence electrons. The zero-order valence-electron chi connectivity index (χ0n) is 24.7. The van der Waals surface area contributed by atoms with Gasteiger partial charge in [0.2, 0.25) is 17.7 Å². The standard InChI is InChI=1S/C31H44N4O5/c1-8-31(6,7)35(28(38)24(17-18-25(32)36)34-29(39)40-30(3,4)5)26(23-16-12-13-21(2)19-23)27(37)33-20-22-14-10-9-11-15-22/h9-16,19,24,26H,8,17-18,20H2,1-7H3,(H2,32,36)(H,33,37)(H,34,39). The molecule has 0 fully saturated rings. The van der Waals surface area contributed by atoms with E-state index >= 15 is 0 Å². The van der Waals surface area contributed by atoms with Gasteiger partial charge in [-0.1, -0.05) is 67.1 Å². The van der Waals surface area contributed by atoms with E-state index < -0.39 is 41.1 Å². The number of hydrogen-bond acceptors (Lipinski definition) is 5. The van der Waals surface area contributed by atoms with Gasteiger partial charge >= 0.3 is 6.09 Å². The number of nitrogens with one attached hydrogen (secondary N) is 2. The molecule has 4 N–H and O–H groups in total. The van der Waals surface area contributed by atoms with Crippen molar-refractivity contribution in [1.82, 2.24) is 15.5 Å². The molecule has 2 rings (SSSR count). The zero-order chi connectivity index (χ0) is 30.1. The summed E-state index contributed by atoms with van der Waals surface area (Å²) in [5.74, 6) is -1.49. The summed E-state index contributed by atoms with van der Waals surface area (Å²) in [6.07, 6.45) is -0.468. The Morgan fingerprint density at radius 1 is 0.975 bits per heavy atom. The minimum absolute atomic E-state index is 0.0458. The topological polar surface area (TPSA) is 131 Å². The minimum Gasteiger partial charge on any atom is -0.444 e. The van der Waals surface area contributed by atoms with Gasteiger partial charge in [0.15, 0.2) is 0 Å². The summed E-state index contributed by atoms with van der Waals surface area (Å²) < 4.78 is 5.40. The van der Waals surface area contributed by atoms with Crippen LogP contribution >= 0.6 is 0 Å². The van der Waals surface area contributed by atoms with E-state index in [1.165, 1.54) is 4.90 Å². The molecule has 0 saturated carbocycles. The number of rotatable bonds is 12. The Balaban J connectivity index is 2.57. The summed E-state index contributed by atoms with van der Waals surface area (Å²) in [4.78, 5) is 54.2. The number of hydrogen-bond donors (Lipinski definition) is 3. The summed E-state index contributed by atoms with van der Waals surface area (Å²) in [5.41, 5.74) is 6.26.